The van der Waals surface area contributed by atoms with Crippen LogP contribution in [0.2, 0.25) is 0 Å². The van der Waals surface area contributed by atoms with Gasteiger partial charge in [-0.15, -0.1) is 0 Å². The number of fused-ring (bicyclic) bond motifs is 1. The molecule has 0 bridgehead atoms. The summed E-state index contributed by atoms with van der Waals surface area (Å²) in [5.74, 6) is 0.856. The van der Waals surface area contributed by atoms with E-state index in [4.69, 9.17) is 4.74 Å². The Bertz CT molecular complexity index is 645. The van der Waals surface area contributed by atoms with Crippen LogP contribution >= 0.6 is 0 Å². The van der Waals surface area contributed by atoms with Crippen molar-refractivity contribution in [3.8, 4) is 5.75 Å². The number of nitrogens with one attached hydrogen (secondary N) is 2. The van der Waals surface area contributed by atoms with Crippen molar-refractivity contribution in [3.63, 3.8) is 0 Å². The molecule has 7 heteroatoms. The first-order valence-corrected chi connectivity index (χ1v) is 8.94. The summed E-state index contributed by atoms with van der Waals surface area (Å²) in [6.45, 7) is 8.96. The van der Waals surface area contributed by atoms with E-state index in [1.165, 1.54) is 0 Å². The maximum Gasteiger partial charge on any atom is 0.321 e. The summed E-state index contributed by atoms with van der Waals surface area (Å²) in [7, 11) is 0. The molecular weight excluding hydrogens is 320 g/mol. The zero-order valence-corrected chi connectivity index (χ0v) is 14.9. The van der Waals surface area contributed by atoms with Crippen LogP contribution in [-0.4, -0.2) is 61.1 Å². The summed E-state index contributed by atoms with van der Waals surface area (Å²) in [6, 6.07) is 5.22. The highest BCUT2D eigenvalue weighted by Gasteiger charge is 2.28. The number of benzene rings is 1. The van der Waals surface area contributed by atoms with Crippen molar-refractivity contribution in [1.29, 1.82) is 0 Å². The Kier molecular flexibility index (Phi) is 5.43. The van der Waals surface area contributed by atoms with E-state index >= 15 is 0 Å². The minimum absolute atomic E-state index is 0.0322. The quantitative estimate of drug-likeness (QED) is 0.857. The second kappa shape index (κ2) is 7.74. The van der Waals surface area contributed by atoms with Crippen LogP contribution in [0.5, 0.6) is 5.75 Å². The Balaban J connectivity index is 1.60. The maximum atomic E-state index is 12.6. The molecule has 0 spiro atoms. The van der Waals surface area contributed by atoms with Gasteiger partial charge in [-0.25, -0.2) is 4.79 Å². The third-order valence-electron chi connectivity index (χ3n) is 4.86. The van der Waals surface area contributed by atoms with Crippen molar-refractivity contribution < 1.29 is 14.3 Å². The second-order valence-corrected chi connectivity index (χ2v) is 6.54. The lowest BCUT2D eigenvalue weighted by Gasteiger charge is -2.24. The Labute approximate surface area is 148 Å². The molecule has 0 aliphatic carbocycles. The van der Waals surface area contributed by atoms with Crippen molar-refractivity contribution in [2.24, 2.45) is 5.92 Å². The SMILES string of the molecule is CCN(CC)CC1CCN(C(=O)Nc2cccc3c2OCC(=O)N3)C1. The largest absolute Gasteiger partial charge is 0.479 e. The fourth-order valence-corrected chi connectivity index (χ4v) is 3.42. The predicted octanol–water partition coefficient (Wildman–Crippen LogP) is 2.21. The molecule has 1 atom stereocenters. The third kappa shape index (κ3) is 4.04. The lowest BCUT2D eigenvalue weighted by molar-refractivity contribution is -0.118. The minimum atomic E-state index is -0.185. The van der Waals surface area contributed by atoms with Crippen molar-refractivity contribution in [2.75, 3.05) is 50.0 Å². The van der Waals surface area contributed by atoms with Crippen LogP contribution in [-0.2, 0) is 4.79 Å². The first kappa shape index (κ1) is 17.5. The highest BCUT2D eigenvalue weighted by Crippen LogP contribution is 2.35. The minimum Gasteiger partial charge on any atom is -0.479 e. The van der Waals surface area contributed by atoms with E-state index < -0.39 is 0 Å². The summed E-state index contributed by atoms with van der Waals surface area (Å²) in [4.78, 5) is 28.3. The highest BCUT2D eigenvalue weighted by atomic mass is 16.5. The van der Waals surface area contributed by atoms with E-state index in [1.54, 1.807) is 18.2 Å². The molecule has 3 amide bonds. The fourth-order valence-electron chi connectivity index (χ4n) is 3.42. The lowest BCUT2D eigenvalue weighted by Crippen LogP contribution is -2.35. The van der Waals surface area contributed by atoms with Crippen molar-refractivity contribution in [3.05, 3.63) is 18.2 Å². The number of para-hydroxylation sites is 1. The Morgan fingerprint density at radius 3 is 2.96 bits per heavy atom. The number of nitrogens with zero attached hydrogens (tertiary/aromatic N) is 2. The van der Waals surface area contributed by atoms with Gasteiger partial charge in [-0.2, -0.15) is 0 Å². The third-order valence-corrected chi connectivity index (χ3v) is 4.86. The second-order valence-electron chi connectivity index (χ2n) is 6.54. The molecule has 0 aromatic heterocycles. The molecule has 25 heavy (non-hydrogen) atoms. The van der Waals surface area contributed by atoms with Gasteiger partial charge in [0.15, 0.2) is 12.4 Å². The van der Waals surface area contributed by atoms with Crippen LogP contribution < -0.4 is 15.4 Å². The van der Waals surface area contributed by atoms with Gasteiger partial charge in [-0.3, -0.25) is 4.79 Å². The van der Waals surface area contributed by atoms with Crippen LogP contribution in [0.4, 0.5) is 16.2 Å². The number of anilines is 2. The molecular formula is C18H26N4O3. The van der Waals surface area contributed by atoms with Crippen LogP contribution in [0.1, 0.15) is 20.3 Å². The van der Waals surface area contributed by atoms with Gasteiger partial charge in [-0.1, -0.05) is 19.9 Å². The molecule has 1 saturated heterocycles. The number of hydrogen-bond acceptors (Lipinski definition) is 4. The number of urea groups is 1. The molecule has 7 nitrogen and oxygen atoms in total. The summed E-state index contributed by atoms with van der Waals surface area (Å²) in [5.41, 5.74) is 1.18. The predicted molar refractivity (Wildman–Crippen MR) is 97.1 cm³/mol. The number of ether oxygens (including phenoxy) is 1. The normalized spacial score (nSPS) is 19.4. The summed E-state index contributed by atoms with van der Waals surface area (Å²) < 4.78 is 5.48. The zero-order chi connectivity index (χ0) is 17.8. The van der Waals surface area contributed by atoms with Gasteiger partial charge in [0.25, 0.3) is 5.91 Å². The Morgan fingerprint density at radius 2 is 2.20 bits per heavy atom. The first-order chi connectivity index (χ1) is 12.1. The zero-order valence-electron chi connectivity index (χ0n) is 14.9. The molecule has 136 valence electrons. The Morgan fingerprint density at radius 1 is 1.40 bits per heavy atom. The van der Waals surface area contributed by atoms with E-state index in [0.29, 0.717) is 23.0 Å². The Hall–Kier alpha value is -2.28. The van der Waals surface area contributed by atoms with Crippen molar-refractivity contribution in [1.82, 2.24) is 9.80 Å². The van der Waals surface area contributed by atoms with Gasteiger partial charge in [0.1, 0.15) is 0 Å². The molecule has 1 unspecified atom stereocenters. The van der Waals surface area contributed by atoms with Gasteiger partial charge < -0.3 is 25.2 Å². The van der Waals surface area contributed by atoms with Gasteiger partial charge >= 0.3 is 6.03 Å². The van der Waals surface area contributed by atoms with E-state index in [0.717, 1.165) is 39.1 Å². The molecule has 1 aromatic carbocycles. The summed E-state index contributed by atoms with van der Waals surface area (Å²) in [5, 5.41) is 5.68. The summed E-state index contributed by atoms with van der Waals surface area (Å²) in [6.07, 6.45) is 1.03. The molecule has 2 aliphatic rings. The van der Waals surface area contributed by atoms with E-state index in [-0.39, 0.29) is 18.5 Å². The number of carbonyl (C=O) groups is 2. The number of rotatable bonds is 5. The van der Waals surface area contributed by atoms with Gasteiger partial charge in [0.2, 0.25) is 0 Å². The first-order valence-electron chi connectivity index (χ1n) is 8.94. The van der Waals surface area contributed by atoms with E-state index in [1.807, 2.05) is 4.90 Å². The molecule has 2 N–H and O–H groups in total. The average Bonchev–Trinajstić information content (AvgIpc) is 3.08. The number of amides is 3. The topological polar surface area (TPSA) is 73.9 Å². The molecule has 2 aliphatic heterocycles. The monoisotopic (exact) mass is 346 g/mol. The standard InChI is InChI=1S/C18H26N4O3/c1-3-21(4-2)10-13-8-9-22(11-13)18(24)20-15-7-5-6-14-17(15)25-12-16(23)19-14/h5-7,13H,3-4,8-12H2,1-2H3,(H,19,23)(H,20,24). The van der Waals surface area contributed by atoms with Gasteiger partial charge in [-0.05, 0) is 37.6 Å². The molecule has 0 radical (unpaired) electrons. The van der Waals surface area contributed by atoms with Crippen LogP contribution in [0.3, 0.4) is 0 Å². The van der Waals surface area contributed by atoms with Crippen LogP contribution in [0, 0.1) is 5.92 Å². The molecule has 0 saturated carbocycles. The van der Waals surface area contributed by atoms with Gasteiger partial charge in [0.05, 0.1) is 11.4 Å². The highest BCUT2D eigenvalue weighted by molar-refractivity contribution is 5.99. The molecule has 2 heterocycles. The number of hydrogen-bond donors (Lipinski definition) is 2. The van der Waals surface area contributed by atoms with Gasteiger partial charge in [0, 0.05) is 19.6 Å². The molecule has 1 aromatic rings. The van der Waals surface area contributed by atoms with E-state index in [9.17, 15) is 9.59 Å². The fraction of sp³-hybridized carbons (Fsp3) is 0.556. The number of carbonyl (C=O) groups excluding carboxylic acids is 2. The van der Waals surface area contributed by atoms with Crippen LogP contribution in [0.15, 0.2) is 18.2 Å². The van der Waals surface area contributed by atoms with Crippen molar-refractivity contribution in [2.45, 2.75) is 20.3 Å². The number of likely N-dealkylation sites (tertiary alicyclic amines) is 1. The lowest BCUT2D eigenvalue weighted by atomic mass is 10.1. The maximum absolute atomic E-state index is 12.6. The van der Waals surface area contributed by atoms with E-state index in [2.05, 4.69) is 29.4 Å². The smallest absolute Gasteiger partial charge is 0.321 e. The van der Waals surface area contributed by atoms with Crippen LogP contribution in [0.25, 0.3) is 0 Å². The van der Waals surface area contributed by atoms with Crippen molar-refractivity contribution >= 4 is 23.3 Å². The molecule has 1 fully saturated rings. The molecule has 3 rings (SSSR count). The average molecular weight is 346 g/mol. The summed E-state index contributed by atoms with van der Waals surface area (Å²) >= 11 is 0.